The van der Waals surface area contributed by atoms with E-state index < -0.39 is 8.72 Å². The molecule has 0 saturated heterocycles. The monoisotopic (exact) mass is 306 g/mol. The molecule has 0 aliphatic carbocycles. The third-order valence-electron chi connectivity index (χ3n) is 2.17. The highest BCUT2D eigenvalue weighted by Gasteiger charge is 2.28. The first kappa shape index (κ1) is 13.1. The zero-order valence-electron chi connectivity index (χ0n) is 8.60. The number of nitrogens with zero attached hydrogens (tertiary/aromatic N) is 3. The fourth-order valence-electron chi connectivity index (χ4n) is 1.38. The number of fused-ring (bicyclic) bond motifs is 1. The van der Waals surface area contributed by atoms with Crippen LogP contribution in [0.2, 0.25) is 0 Å². The lowest BCUT2D eigenvalue weighted by atomic mass is 10.2. The molecule has 6 nitrogen and oxygen atoms in total. The van der Waals surface area contributed by atoms with Crippen LogP contribution in [-0.4, -0.2) is 14.9 Å². The summed E-state index contributed by atoms with van der Waals surface area (Å²) in [5, 5.41) is 11.0. The number of aromatic nitrogens is 2. The van der Waals surface area contributed by atoms with Gasteiger partial charge in [-0.2, -0.15) is 0 Å². The summed E-state index contributed by atoms with van der Waals surface area (Å²) in [7, 11) is 0. The van der Waals surface area contributed by atoms with Crippen LogP contribution in [0.4, 0.5) is 11.5 Å². The van der Waals surface area contributed by atoms with Gasteiger partial charge in [0, 0.05) is 17.5 Å². The van der Waals surface area contributed by atoms with Gasteiger partial charge < -0.3 is 5.73 Å². The van der Waals surface area contributed by atoms with Gasteiger partial charge in [0.1, 0.15) is 5.82 Å². The molecule has 9 heteroatoms. The van der Waals surface area contributed by atoms with E-state index in [0.717, 1.165) is 0 Å². The molecular formula is C9H5Cl3N4O2. The Hall–Kier alpha value is -1.37. The Morgan fingerprint density at radius 3 is 2.50 bits per heavy atom. The van der Waals surface area contributed by atoms with Gasteiger partial charge in [-0.3, -0.25) is 10.1 Å². The molecule has 0 spiro atoms. The molecule has 2 N–H and O–H groups in total. The van der Waals surface area contributed by atoms with Crippen LogP contribution in [0.25, 0.3) is 10.9 Å². The molecule has 0 atom stereocenters. The molecule has 2 rings (SSSR count). The molecule has 0 saturated carbocycles. The Morgan fingerprint density at radius 1 is 1.28 bits per heavy atom. The second-order valence-corrected chi connectivity index (χ2v) is 5.67. The number of halogens is 3. The molecule has 0 radical (unpaired) electrons. The van der Waals surface area contributed by atoms with E-state index in [1.165, 1.54) is 18.2 Å². The van der Waals surface area contributed by atoms with Crippen molar-refractivity contribution in [2.75, 3.05) is 5.73 Å². The van der Waals surface area contributed by atoms with E-state index in [1.54, 1.807) is 0 Å². The Balaban J connectivity index is 2.70. The third-order valence-corrected chi connectivity index (χ3v) is 2.68. The molecule has 0 aliphatic rings. The lowest BCUT2D eigenvalue weighted by Gasteiger charge is -2.11. The summed E-state index contributed by atoms with van der Waals surface area (Å²) in [5.41, 5.74) is 5.93. The van der Waals surface area contributed by atoms with Crippen molar-refractivity contribution in [3.05, 3.63) is 34.1 Å². The van der Waals surface area contributed by atoms with Crippen LogP contribution in [0.15, 0.2) is 18.2 Å². The van der Waals surface area contributed by atoms with Crippen molar-refractivity contribution < 1.29 is 4.92 Å². The second-order valence-electron chi connectivity index (χ2n) is 3.39. The molecule has 18 heavy (non-hydrogen) atoms. The minimum absolute atomic E-state index is 0.0185. The van der Waals surface area contributed by atoms with E-state index in [-0.39, 0.29) is 17.3 Å². The van der Waals surface area contributed by atoms with Gasteiger partial charge in [0.25, 0.3) is 5.69 Å². The summed E-state index contributed by atoms with van der Waals surface area (Å²) < 4.78 is -1.80. The van der Waals surface area contributed by atoms with Crippen molar-refractivity contribution in [3.63, 3.8) is 0 Å². The maximum absolute atomic E-state index is 10.6. The van der Waals surface area contributed by atoms with Gasteiger partial charge in [-0.25, -0.2) is 9.97 Å². The molecule has 94 valence electrons. The van der Waals surface area contributed by atoms with Gasteiger partial charge >= 0.3 is 0 Å². The number of hydrogen-bond acceptors (Lipinski definition) is 5. The highest BCUT2D eigenvalue weighted by Crippen LogP contribution is 2.37. The van der Waals surface area contributed by atoms with E-state index >= 15 is 0 Å². The van der Waals surface area contributed by atoms with Crippen molar-refractivity contribution >= 4 is 57.2 Å². The first-order valence-electron chi connectivity index (χ1n) is 4.58. The topological polar surface area (TPSA) is 94.9 Å². The van der Waals surface area contributed by atoms with Gasteiger partial charge in [-0.1, -0.05) is 34.8 Å². The predicted molar refractivity (Wildman–Crippen MR) is 69.8 cm³/mol. The number of hydrogen-bond donors (Lipinski definition) is 1. The quantitative estimate of drug-likeness (QED) is 0.496. The van der Waals surface area contributed by atoms with Crippen molar-refractivity contribution in [3.8, 4) is 0 Å². The number of nitro groups is 1. The van der Waals surface area contributed by atoms with Crippen LogP contribution in [0.1, 0.15) is 5.82 Å². The summed E-state index contributed by atoms with van der Waals surface area (Å²) in [6.45, 7) is 0. The highest BCUT2D eigenvalue weighted by molar-refractivity contribution is 6.66. The van der Waals surface area contributed by atoms with Crippen molar-refractivity contribution in [1.82, 2.24) is 9.97 Å². The summed E-state index contributed by atoms with van der Waals surface area (Å²) in [6, 6.07) is 3.98. The van der Waals surface area contributed by atoms with Crippen LogP contribution < -0.4 is 5.73 Å². The molecular weight excluding hydrogens is 302 g/mol. The number of anilines is 1. The Labute approximate surface area is 116 Å². The van der Waals surface area contributed by atoms with Crippen molar-refractivity contribution in [2.45, 2.75) is 3.79 Å². The summed E-state index contributed by atoms with van der Waals surface area (Å²) in [6.07, 6.45) is 0. The van der Waals surface area contributed by atoms with Gasteiger partial charge in [-0.05, 0) is 6.07 Å². The number of non-ortho nitro benzene ring substituents is 1. The number of benzene rings is 1. The standard InChI is InChI=1S/C9H5Cl3N4O2/c10-9(11,12)8-14-6-2-1-4(16(17)18)3-5(6)7(13)15-8/h1-3H,(H2,13,14,15). The van der Waals surface area contributed by atoms with Crippen LogP contribution in [-0.2, 0) is 3.79 Å². The van der Waals surface area contributed by atoms with E-state index in [9.17, 15) is 10.1 Å². The molecule has 0 aliphatic heterocycles. The van der Waals surface area contributed by atoms with E-state index in [0.29, 0.717) is 10.9 Å². The normalized spacial score (nSPS) is 11.7. The predicted octanol–water partition coefficient (Wildman–Crippen LogP) is 2.95. The van der Waals surface area contributed by atoms with E-state index in [1.807, 2.05) is 0 Å². The fourth-order valence-corrected chi connectivity index (χ4v) is 1.63. The molecule has 1 aromatic heterocycles. The minimum Gasteiger partial charge on any atom is -0.383 e. The van der Waals surface area contributed by atoms with Gasteiger partial charge in [0.05, 0.1) is 10.4 Å². The average Bonchev–Trinajstić information content (AvgIpc) is 2.27. The van der Waals surface area contributed by atoms with E-state index in [4.69, 9.17) is 40.5 Å². The van der Waals surface area contributed by atoms with Crippen molar-refractivity contribution in [2.24, 2.45) is 0 Å². The highest BCUT2D eigenvalue weighted by atomic mass is 35.6. The number of nitrogens with two attached hydrogens (primary N) is 1. The summed E-state index contributed by atoms with van der Waals surface area (Å²) in [4.78, 5) is 17.9. The molecule has 0 fully saturated rings. The molecule has 1 aromatic carbocycles. The van der Waals surface area contributed by atoms with Gasteiger partial charge in [-0.15, -0.1) is 0 Å². The first-order chi connectivity index (χ1) is 8.29. The van der Waals surface area contributed by atoms with Crippen LogP contribution in [0, 0.1) is 10.1 Å². The van der Waals surface area contributed by atoms with Crippen LogP contribution in [0.3, 0.4) is 0 Å². The summed E-state index contributed by atoms with van der Waals surface area (Å²) in [5.74, 6) is -0.0589. The fraction of sp³-hybridized carbons (Fsp3) is 0.111. The first-order valence-corrected chi connectivity index (χ1v) is 5.71. The lowest BCUT2D eigenvalue weighted by molar-refractivity contribution is -0.384. The SMILES string of the molecule is Nc1nc(C(Cl)(Cl)Cl)nc2ccc([N+](=O)[O-])cc12. The number of nitro benzene ring substituents is 1. The third kappa shape index (κ3) is 2.40. The Bertz CT molecular complexity index is 641. The zero-order chi connectivity index (χ0) is 13.5. The minimum atomic E-state index is -1.80. The maximum atomic E-state index is 10.6. The number of alkyl halides is 3. The zero-order valence-corrected chi connectivity index (χ0v) is 10.9. The maximum Gasteiger partial charge on any atom is 0.270 e. The molecule has 1 heterocycles. The number of nitrogen functional groups attached to an aromatic ring is 1. The second kappa shape index (κ2) is 4.38. The van der Waals surface area contributed by atoms with Gasteiger partial charge in [0.2, 0.25) is 3.79 Å². The molecule has 0 bridgehead atoms. The Morgan fingerprint density at radius 2 is 1.94 bits per heavy atom. The van der Waals surface area contributed by atoms with Crippen LogP contribution >= 0.6 is 34.8 Å². The summed E-state index contributed by atoms with van der Waals surface area (Å²) >= 11 is 17.0. The van der Waals surface area contributed by atoms with Crippen molar-refractivity contribution in [1.29, 1.82) is 0 Å². The smallest absolute Gasteiger partial charge is 0.270 e. The molecule has 0 unspecified atom stereocenters. The largest absolute Gasteiger partial charge is 0.383 e. The Kier molecular flexibility index (Phi) is 3.18. The molecule has 0 amide bonds. The lowest BCUT2D eigenvalue weighted by Crippen LogP contribution is -2.09. The average molecular weight is 308 g/mol. The molecule has 2 aromatic rings. The number of rotatable bonds is 1. The van der Waals surface area contributed by atoms with E-state index in [2.05, 4.69) is 9.97 Å². The van der Waals surface area contributed by atoms with Crippen LogP contribution in [0.5, 0.6) is 0 Å². The van der Waals surface area contributed by atoms with Gasteiger partial charge in [0.15, 0.2) is 5.82 Å².